The first-order chi connectivity index (χ1) is 10.2. The zero-order valence-electron chi connectivity index (χ0n) is 12.0. The number of fused-ring (bicyclic) bond motifs is 1. The number of nitrogens with two attached hydrogens (primary N) is 1. The third kappa shape index (κ3) is 3.14. The first-order valence-corrected chi connectivity index (χ1v) is 7.42. The monoisotopic (exact) mass is 280 g/mol. The van der Waals surface area contributed by atoms with Crippen molar-refractivity contribution in [2.24, 2.45) is 5.73 Å². The maximum Gasteiger partial charge on any atom is 0.237 e. The first-order valence-electron chi connectivity index (χ1n) is 7.42. The highest BCUT2D eigenvalue weighted by Crippen LogP contribution is 2.30. The predicted octanol–water partition coefficient (Wildman–Crippen LogP) is 2.36. The second kappa shape index (κ2) is 6.10. The number of aryl methyl sites for hydroxylation is 1. The molecule has 2 atom stereocenters. The molecule has 2 aromatic carbocycles. The Hall–Kier alpha value is -2.13. The number of rotatable bonds is 4. The van der Waals surface area contributed by atoms with Crippen LogP contribution in [-0.2, 0) is 17.6 Å². The van der Waals surface area contributed by atoms with Crippen molar-refractivity contribution in [2.75, 3.05) is 0 Å². The number of amides is 1. The average molecular weight is 280 g/mol. The summed E-state index contributed by atoms with van der Waals surface area (Å²) in [6.07, 6.45) is 2.55. The lowest BCUT2D eigenvalue weighted by Crippen LogP contribution is -2.43. The number of carbonyl (C=O) groups is 1. The molecule has 1 amide bonds. The van der Waals surface area contributed by atoms with Crippen molar-refractivity contribution in [3.63, 3.8) is 0 Å². The van der Waals surface area contributed by atoms with Crippen molar-refractivity contribution >= 4 is 5.91 Å². The van der Waals surface area contributed by atoms with Gasteiger partial charge in [-0.2, -0.15) is 0 Å². The van der Waals surface area contributed by atoms with Crippen LogP contribution in [0.15, 0.2) is 54.6 Å². The molecule has 0 saturated heterocycles. The summed E-state index contributed by atoms with van der Waals surface area (Å²) in [4.78, 5) is 12.3. The van der Waals surface area contributed by atoms with Gasteiger partial charge in [0.2, 0.25) is 5.91 Å². The molecule has 3 rings (SSSR count). The Morgan fingerprint density at radius 1 is 1.14 bits per heavy atom. The number of benzene rings is 2. The third-order valence-electron chi connectivity index (χ3n) is 4.08. The number of carbonyl (C=O) groups excluding carboxylic acids is 1. The molecule has 0 bridgehead atoms. The van der Waals surface area contributed by atoms with E-state index in [0.29, 0.717) is 6.42 Å². The number of hydrogen-bond donors (Lipinski definition) is 2. The van der Waals surface area contributed by atoms with E-state index in [2.05, 4.69) is 17.4 Å². The Labute approximate surface area is 125 Å². The van der Waals surface area contributed by atoms with Crippen LogP contribution in [0.3, 0.4) is 0 Å². The normalized spacial score (nSPS) is 18.0. The predicted molar refractivity (Wildman–Crippen MR) is 83.8 cm³/mol. The van der Waals surface area contributed by atoms with Crippen LogP contribution in [0.2, 0.25) is 0 Å². The molecule has 3 nitrogen and oxygen atoms in total. The number of nitrogens with one attached hydrogen (secondary N) is 1. The molecule has 1 aliphatic carbocycles. The van der Waals surface area contributed by atoms with Gasteiger partial charge in [0.25, 0.3) is 0 Å². The van der Waals surface area contributed by atoms with Crippen LogP contribution < -0.4 is 11.1 Å². The quantitative estimate of drug-likeness (QED) is 0.903. The minimum absolute atomic E-state index is 0.0689. The van der Waals surface area contributed by atoms with E-state index in [1.807, 2.05) is 42.5 Å². The van der Waals surface area contributed by atoms with Crippen LogP contribution in [0.4, 0.5) is 0 Å². The maximum atomic E-state index is 12.3. The van der Waals surface area contributed by atoms with Gasteiger partial charge in [0.15, 0.2) is 0 Å². The molecular weight excluding hydrogens is 260 g/mol. The molecule has 108 valence electrons. The highest BCUT2D eigenvalue weighted by Gasteiger charge is 2.25. The molecule has 0 fully saturated rings. The molecule has 0 radical (unpaired) electrons. The summed E-state index contributed by atoms with van der Waals surface area (Å²) in [5.41, 5.74) is 9.69. The highest BCUT2D eigenvalue weighted by atomic mass is 16.2. The summed E-state index contributed by atoms with van der Waals surface area (Å²) in [5.74, 6) is -0.0689. The van der Waals surface area contributed by atoms with Crippen LogP contribution in [0.1, 0.15) is 29.2 Å². The Kier molecular flexibility index (Phi) is 4.02. The molecule has 0 aliphatic heterocycles. The van der Waals surface area contributed by atoms with Gasteiger partial charge in [-0.05, 0) is 36.0 Å². The molecule has 2 aromatic rings. The molecule has 2 unspecified atom stereocenters. The lowest BCUT2D eigenvalue weighted by atomic mass is 10.0. The lowest BCUT2D eigenvalue weighted by molar-refractivity contribution is -0.123. The van der Waals surface area contributed by atoms with Crippen molar-refractivity contribution in [2.45, 2.75) is 31.3 Å². The lowest BCUT2D eigenvalue weighted by Gasteiger charge is -2.18. The van der Waals surface area contributed by atoms with Crippen LogP contribution >= 0.6 is 0 Å². The Balaban J connectivity index is 1.62. The molecule has 3 heteroatoms. The van der Waals surface area contributed by atoms with Crippen LogP contribution in [0.5, 0.6) is 0 Å². The van der Waals surface area contributed by atoms with Gasteiger partial charge in [-0.3, -0.25) is 4.79 Å². The fourth-order valence-corrected chi connectivity index (χ4v) is 2.95. The summed E-state index contributed by atoms with van der Waals surface area (Å²) in [7, 11) is 0. The maximum absolute atomic E-state index is 12.3. The zero-order valence-corrected chi connectivity index (χ0v) is 12.0. The first kappa shape index (κ1) is 13.8. The summed E-state index contributed by atoms with van der Waals surface area (Å²) in [6, 6.07) is 17.8. The topological polar surface area (TPSA) is 55.1 Å². The minimum atomic E-state index is -0.500. The zero-order chi connectivity index (χ0) is 14.7. The Bertz CT molecular complexity index is 624. The summed E-state index contributed by atoms with van der Waals surface area (Å²) >= 11 is 0. The summed E-state index contributed by atoms with van der Waals surface area (Å²) < 4.78 is 0. The molecule has 21 heavy (non-hydrogen) atoms. The van der Waals surface area contributed by atoms with E-state index in [9.17, 15) is 4.79 Å². The molecule has 0 saturated carbocycles. The average Bonchev–Trinajstić information content (AvgIpc) is 2.91. The van der Waals surface area contributed by atoms with Crippen molar-refractivity contribution in [1.29, 1.82) is 0 Å². The van der Waals surface area contributed by atoms with E-state index in [1.54, 1.807) is 0 Å². The number of hydrogen-bond acceptors (Lipinski definition) is 2. The fourth-order valence-electron chi connectivity index (χ4n) is 2.95. The van der Waals surface area contributed by atoms with Crippen molar-refractivity contribution < 1.29 is 4.79 Å². The molecular formula is C18H20N2O. The van der Waals surface area contributed by atoms with E-state index in [0.717, 1.165) is 18.4 Å². The Morgan fingerprint density at radius 3 is 2.67 bits per heavy atom. The molecule has 0 heterocycles. The van der Waals surface area contributed by atoms with Gasteiger partial charge in [0.1, 0.15) is 0 Å². The van der Waals surface area contributed by atoms with Crippen molar-refractivity contribution in [3.8, 4) is 0 Å². The van der Waals surface area contributed by atoms with Gasteiger partial charge in [0, 0.05) is 0 Å². The van der Waals surface area contributed by atoms with Crippen LogP contribution in [-0.4, -0.2) is 11.9 Å². The van der Waals surface area contributed by atoms with Gasteiger partial charge in [0.05, 0.1) is 12.1 Å². The van der Waals surface area contributed by atoms with E-state index in [-0.39, 0.29) is 11.9 Å². The molecule has 0 aromatic heterocycles. The van der Waals surface area contributed by atoms with Crippen molar-refractivity contribution in [3.05, 3.63) is 71.3 Å². The van der Waals surface area contributed by atoms with Gasteiger partial charge in [-0.25, -0.2) is 0 Å². The van der Waals surface area contributed by atoms with E-state index in [1.165, 1.54) is 11.1 Å². The van der Waals surface area contributed by atoms with E-state index >= 15 is 0 Å². The van der Waals surface area contributed by atoms with E-state index in [4.69, 9.17) is 5.73 Å². The van der Waals surface area contributed by atoms with Gasteiger partial charge in [-0.1, -0.05) is 54.6 Å². The largest absolute Gasteiger partial charge is 0.348 e. The van der Waals surface area contributed by atoms with Gasteiger partial charge < -0.3 is 11.1 Å². The van der Waals surface area contributed by atoms with E-state index < -0.39 is 6.04 Å². The molecule has 0 spiro atoms. The highest BCUT2D eigenvalue weighted by molar-refractivity contribution is 5.82. The minimum Gasteiger partial charge on any atom is -0.348 e. The molecule has 1 aliphatic rings. The second-order valence-corrected chi connectivity index (χ2v) is 5.59. The van der Waals surface area contributed by atoms with Gasteiger partial charge in [-0.15, -0.1) is 0 Å². The fraction of sp³-hybridized carbons (Fsp3) is 0.278. The summed E-state index contributed by atoms with van der Waals surface area (Å²) in [6.45, 7) is 0. The SMILES string of the molecule is NC(Cc1ccccc1)C(=O)NC1CCc2ccccc21. The third-order valence-corrected chi connectivity index (χ3v) is 4.08. The second-order valence-electron chi connectivity index (χ2n) is 5.59. The van der Waals surface area contributed by atoms with Crippen LogP contribution in [0.25, 0.3) is 0 Å². The summed E-state index contributed by atoms with van der Waals surface area (Å²) in [5, 5.41) is 3.09. The van der Waals surface area contributed by atoms with Gasteiger partial charge >= 0.3 is 0 Å². The van der Waals surface area contributed by atoms with Crippen LogP contribution in [0, 0.1) is 0 Å². The molecule has 3 N–H and O–H groups in total. The Morgan fingerprint density at radius 2 is 1.86 bits per heavy atom. The van der Waals surface area contributed by atoms with Crippen molar-refractivity contribution in [1.82, 2.24) is 5.32 Å². The smallest absolute Gasteiger partial charge is 0.237 e. The standard InChI is InChI=1S/C18H20N2O/c19-16(12-13-6-2-1-3-7-13)18(21)20-17-11-10-14-8-4-5-9-15(14)17/h1-9,16-17H,10-12,19H2,(H,20,21).